The molecule has 8 nitrogen and oxygen atoms in total. The Morgan fingerprint density at radius 1 is 1.58 bits per heavy atom. The molecule has 0 saturated heterocycles. The number of carbonyl (C=O) groups excluding carboxylic acids is 1. The number of nitrogens with two attached hydrogens (primary N) is 1. The molecule has 0 aliphatic heterocycles. The molecule has 19 heavy (non-hydrogen) atoms. The highest BCUT2D eigenvalue weighted by Gasteiger charge is 2.23. The van der Waals surface area contributed by atoms with Crippen molar-refractivity contribution in [2.45, 2.75) is 11.8 Å². The lowest BCUT2D eigenvalue weighted by atomic mass is 10.2. The van der Waals surface area contributed by atoms with Gasteiger partial charge in [-0.1, -0.05) is 18.5 Å². The third-order valence-electron chi connectivity index (χ3n) is 2.35. The number of benzene rings is 1. The summed E-state index contributed by atoms with van der Waals surface area (Å²) in [5, 5.41) is 18.8. The zero-order chi connectivity index (χ0) is 14.8. The first-order chi connectivity index (χ1) is 8.74. The molecule has 10 heteroatoms. The average Bonchev–Trinajstić information content (AvgIpc) is 2.36. The number of nitrogens with one attached hydrogen (secondary N) is 1. The molecule has 0 saturated carbocycles. The molecule has 0 fully saturated rings. The number of anilines is 1. The van der Waals surface area contributed by atoms with Crippen molar-refractivity contribution in [3.8, 4) is 0 Å². The van der Waals surface area contributed by atoms with Gasteiger partial charge in [-0.05, 0) is 12.1 Å². The van der Waals surface area contributed by atoms with Gasteiger partial charge in [0.25, 0.3) is 5.91 Å². The summed E-state index contributed by atoms with van der Waals surface area (Å²) in [6.07, 6.45) is 0. The molecule has 0 spiro atoms. The van der Waals surface area contributed by atoms with E-state index in [1.165, 1.54) is 6.92 Å². The summed E-state index contributed by atoms with van der Waals surface area (Å²) < 4.78 is 23.7. The monoisotopic (exact) mass is 308 g/mol. The summed E-state index contributed by atoms with van der Waals surface area (Å²) in [6, 6.07) is 1.77. The van der Waals surface area contributed by atoms with Gasteiger partial charge in [-0.25, -0.2) is 14.3 Å². The Morgan fingerprint density at radius 3 is 2.58 bits per heavy atom. The van der Waals surface area contributed by atoms with E-state index < -0.39 is 31.6 Å². The molecular formula is C9H11ClN3O5S-. The van der Waals surface area contributed by atoms with E-state index in [2.05, 4.69) is 0 Å². The van der Waals surface area contributed by atoms with E-state index in [9.17, 15) is 18.4 Å². The average molecular weight is 309 g/mol. The lowest BCUT2D eigenvalue weighted by Crippen LogP contribution is -2.31. The van der Waals surface area contributed by atoms with E-state index in [1.54, 1.807) is 5.43 Å². The fraction of sp³-hybridized carbons (Fsp3) is 0.222. The normalized spacial score (nSPS) is 11.2. The molecule has 106 valence electrons. The van der Waals surface area contributed by atoms with E-state index in [-0.39, 0.29) is 16.3 Å². The third kappa shape index (κ3) is 3.14. The fourth-order valence-electron chi connectivity index (χ4n) is 1.36. The van der Waals surface area contributed by atoms with Crippen LogP contribution in [-0.4, -0.2) is 25.3 Å². The van der Waals surface area contributed by atoms with Gasteiger partial charge in [0, 0.05) is 0 Å². The van der Waals surface area contributed by atoms with Crippen LogP contribution in [0.2, 0.25) is 5.02 Å². The maximum absolute atomic E-state index is 11.9. The summed E-state index contributed by atoms with van der Waals surface area (Å²) in [6.45, 7) is 1.36. The number of rotatable bonds is 4. The van der Waals surface area contributed by atoms with Crippen molar-refractivity contribution in [1.29, 1.82) is 0 Å². The van der Waals surface area contributed by atoms with E-state index in [0.29, 0.717) is 0 Å². The number of hydrazine groups is 1. The predicted octanol–water partition coefficient (Wildman–Crippen LogP) is 0.431. The molecular weight excluding hydrogens is 298 g/mol. The van der Waals surface area contributed by atoms with Crippen LogP contribution in [0.1, 0.15) is 17.3 Å². The Bertz CT molecular complexity index is 602. The van der Waals surface area contributed by atoms with Gasteiger partial charge in [0.05, 0.1) is 26.9 Å². The molecule has 1 aromatic rings. The SMILES string of the molecule is CCS(=O)(=O)c1cc(N([O-])O)c(Cl)cc1C(=O)NN. The minimum Gasteiger partial charge on any atom is -0.733 e. The van der Waals surface area contributed by atoms with Gasteiger partial charge in [-0.15, -0.1) is 0 Å². The van der Waals surface area contributed by atoms with E-state index in [0.717, 1.165) is 12.1 Å². The van der Waals surface area contributed by atoms with Crippen LogP contribution < -0.4 is 16.5 Å². The predicted molar refractivity (Wildman–Crippen MR) is 68.5 cm³/mol. The summed E-state index contributed by atoms with van der Waals surface area (Å²) in [5.74, 6) is 3.77. The van der Waals surface area contributed by atoms with Gasteiger partial charge in [-0.3, -0.25) is 15.4 Å². The lowest BCUT2D eigenvalue weighted by molar-refractivity contribution is 0.0950. The van der Waals surface area contributed by atoms with Crippen LogP contribution in [0.3, 0.4) is 0 Å². The second-order valence-electron chi connectivity index (χ2n) is 3.45. The van der Waals surface area contributed by atoms with Gasteiger partial charge in [0.1, 0.15) is 0 Å². The van der Waals surface area contributed by atoms with Crippen LogP contribution in [0, 0.1) is 5.21 Å². The van der Waals surface area contributed by atoms with Crippen molar-refractivity contribution < 1.29 is 18.4 Å². The number of amides is 1. The smallest absolute Gasteiger partial charge is 0.266 e. The first kappa shape index (κ1) is 15.7. The van der Waals surface area contributed by atoms with Crippen LogP contribution in [0.25, 0.3) is 0 Å². The van der Waals surface area contributed by atoms with Gasteiger partial charge < -0.3 is 10.4 Å². The van der Waals surface area contributed by atoms with Crippen molar-refractivity contribution in [2.75, 3.05) is 11.0 Å². The number of carbonyl (C=O) groups is 1. The number of nitrogens with zero attached hydrogens (tertiary/aromatic N) is 1. The van der Waals surface area contributed by atoms with Crippen molar-refractivity contribution in [2.24, 2.45) is 5.84 Å². The Labute approximate surface area is 114 Å². The molecule has 4 N–H and O–H groups in total. The minimum absolute atomic E-state index is 0.286. The van der Waals surface area contributed by atoms with Crippen LogP contribution in [0.15, 0.2) is 17.0 Å². The largest absolute Gasteiger partial charge is 0.733 e. The van der Waals surface area contributed by atoms with Crippen LogP contribution >= 0.6 is 11.6 Å². The first-order valence-electron chi connectivity index (χ1n) is 4.98. The molecule has 1 aromatic carbocycles. The van der Waals surface area contributed by atoms with E-state index in [1.807, 2.05) is 0 Å². The highest BCUT2D eigenvalue weighted by atomic mass is 35.5. The Kier molecular flexibility index (Phi) is 4.71. The number of hydrogen-bond acceptors (Lipinski definition) is 7. The van der Waals surface area contributed by atoms with Gasteiger partial charge in [-0.2, -0.15) is 0 Å². The van der Waals surface area contributed by atoms with Crippen LogP contribution in [0.4, 0.5) is 5.69 Å². The second kappa shape index (κ2) is 5.72. The zero-order valence-corrected chi connectivity index (χ0v) is 11.3. The quantitative estimate of drug-likeness (QED) is 0.417. The van der Waals surface area contributed by atoms with Crippen LogP contribution in [-0.2, 0) is 9.84 Å². The maximum atomic E-state index is 11.9. The summed E-state index contributed by atoms with van der Waals surface area (Å²) >= 11 is 5.67. The number of hydrogen-bond donors (Lipinski definition) is 3. The van der Waals surface area contributed by atoms with E-state index in [4.69, 9.17) is 22.7 Å². The van der Waals surface area contributed by atoms with E-state index >= 15 is 0 Å². The van der Waals surface area contributed by atoms with Crippen molar-refractivity contribution >= 4 is 33.0 Å². The molecule has 0 unspecified atom stereocenters. The number of sulfone groups is 1. The van der Waals surface area contributed by atoms with Crippen molar-refractivity contribution in [1.82, 2.24) is 5.43 Å². The molecule has 0 aliphatic rings. The van der Waals surface area contributed by atoms with Crippen molar-refractivity contribution in [3.05, 3.63) is 27.9 Å². The summed E-state index contributed by atoms with van der Waals surface area (Å²) in [7, 11) is -3.81. The molecule has 0 radical (unpaired) electrons. The lowest BCUT2D eigenvalue weighted by Gasteiger charge is -2.24. The standard InChI is InChI=1S/C9H11ClN3O5S/c1-2-19(17,18)8-4-7(13(15)16)6(10)3-5(8)9(14)12-11/h3-4,15H,2,11H2,1H3,(H,12,14)/q-1. The first-order valence-corrected chi connectivity index (χ1v) is 7.01. The van der Waals surface area contributed by atoms with Gasteiger partial charge >= 0.3 is 0 Å². The third-order valence-corrected chi connectivity index (χ3v) is 4.42. The summed E-state index contributed by atoms with van der Waals surface area (Å²) in [4.78, 5) is 11.1. The molecule has 1 amide bonds. The van der Waals surface area contributed by atoms with Gasteiger partial charge in [0.2, 0.25) is 0 Å². The Hall–Kier alpha value is -1.39. The maximum Gasteiger partial charge on any atom is 0.266 e. The molecule has 1 rings (SSSR count). The highest BCUT2D eigenvalue weighted by Crippen LogP contribution is 2.31. The fourth-order valence-corrected chi connectivity index (χ4v) is 2.68. The molecule has 0 atom stereocenters. The molecule has 0 aliphatic carbocycles. The minimum atomic E-state index is -3.81. The van der Waals surface area contributed by atoms with Crippen molar-refractivity contribution in [3.63, 3.8) is 0 Å². The second-order valence-corrected chi connectivity index (χ2v) is 6.10. The number of nitrogen functional groups attached to an aromatic ring is 1. The summed E-state index contributed by atoms with van der Waals surface area (Å²) in [5.41, 5.74) is 0.988. The number of halogens is 1. The van der Waals surface area contributed by atoms with Gasteiger partial charge in [0.15, 0.2) is 9.84 Å². The topological polar surface area (TPSA) is 136 Å². The van der Waals surface area contributed by atoms with Crippen LogP contribution in [0.5, 0.6) is 0 Å². The molecule has 0 bridgehead atoms. The highest BCUT2D eigenvalue weighted by molar-refractivity contribution is 7.91. The Balaban J connectivity index is 3.65. The Morgan fingerprint density at radius 2 is 2.16 bits per heavy atom. The molecule has 0 heterocycles. The zero-order valence-electron chi connectivity index (χ0n) is 9.75. The molecule has 0 aromatic heterocycles.